The highest BCUT2D eigenvalue weighted by Gasteiger charge is 2.19. The van der Waals surface area contributed by atoms with Gasteiger partial charge in [0, 0.05) is 19.3 Å². The Kier molecular flexibility index (Phi) is 43.9. The Balaban J connectivity index is 4.41. The topological polar surface area (TPSA) is 78.9 Å². The van der Waals surface area contributed by atoms with Crippen LogP contribution in [0.1, 0.15) is 239 Å². The van der Waals surface area contributed by atoms with Crippen LogP contribution < -0.4 is 0 Å². The summed E-state index contributed by atoms with van der Waals surface area (Å²) >= 11 is 0. The van der Waals surface area contributed by atoms with Gasteiger partial charge in [-0.15, -0.1) is 0 Å². The second kappa shape index (κ2) is 46.1. The molecule has 0 spiro atoms. The number of esters is 3. The van der Waals surface area contributed by atoms with E-state index in [-0.39, 0.29) is 31.1 Å². The number of carbonyl (C=O) groups excluding carboxylic acids is 3. The molecule has 0 radical (unpaired) electrons. The third-order valence-corrected chi connectivity index (χ3v) is 10.4. The van der Waals surface area contributed by atoms with E-state index in [1.807, 2.05) is 0 Å². The van der Waals surface area contributed by atoms with Gasteiger partial charge in [0.05, 0.1) is 0 Å². The van der Waals surface area contributed by atoms with E-state index in [4.69, 9.17) is 14.2 Å². The van der Waals surface area contributed by atoms with Gasteiger partial charge in [0.25, 0.3) is 0 Å². The quantitative estimate of drug-likeness (QED) is 0.0265. The Bertz CT molecular complexity index is 1010. The average Bonchev–Trinajstić information content (AvgIpc) is 3.21. The van der Waals surface area contributed by atoms with Crippen molar-refractivity contribution in [2.24, 2.45) is 0 Å². The van der Waals surface area contributed by atoms with Crippen molar-refractivity contribution in [1.82, 2.24) is 0 Å². The third-order valence-electron chi connectivity index (χ3n) is 10.4. The molecule has 0 rings (SSSR count). The van der Waals surface area contributed by atoms with E-state index >= 15 is 0 Å². The van der Waals surface area contributed by atoms with E-state index in [9.17, 15) is 14.4 Å². The highest BCUT2D eigenvalue weighted by Crippen LogP contribution is 2.15. The Morgan fingerprint density at radius 2 is 0.632 bits per heavy atom. The van der Waals surface area contributed by atoms with Gasteiger partial charge >= 0.3 is 17.9 Å². The molecule has 0 aromatic heterocycles. The summed E-state index contributed by atoms with van der Waals surface area (Å²) in [5.74, 6) is -0.922. The molecule has 0 aliphatic carbocycles. The van der Waals surface area contributed by atoms with Crippen LogP contribution in [0.2, 0.25) is 0 Å². The van der Waals surface area contributed by atoms with Crippen molar-refractivity contribution in [1.29, 1.82) is 0 Å². The van der Waals surface area contributed by atoms with Crippen molar-refractivity contribution in [2.75, 3.05) is 13.2 Å². The number of carbonyl (C=O) groups is 3. The second-order valence-corrected chi connectivity index (χ2v) is 16.1. The first-order valence-electron chi connectivity index (χ1n) is 24.2. The molecule has 0 heterocycles. The molecule has 0 aromatic carbocycles. The van der Waals surface area contributed by atoms with Crippen LogP contribution in [0.25, 0.3) is 0 Å². The zero-order valence-electron chi connectivity index (χ0n) is 37.6. The van der Waals surface area contributed by atoms with Crippen LogP contribution >= 0.6 is 0 Å². The van der Waals surface area contributed by atoms with Crippen LogP contribution in [0, 0.1) is 0 Å². The van der Waals surface area contributed by atoms with E-state index in [0.717, 1.165) is 77.0 Å². The lowest BCUT2D eigenvalue weighted by molar-refractivity contribution is -0.167. The van der Waals surface area contributed by atoms with Crippen molar-refractivity contribution < 1.29 is 28.6 Å². The maximum absolute atomic E-state index is 12.7. The van der Waals surface area contributed by atoms with Crippen molar-refractivity contribution in [3.8, 4) is 0 Å². The number of ether oxygens (including phenoxy) is 3. The van der Waals surface area contributed by atoms with Gasteiger partial charge in [-0.25, -0.2) is 0 Å². The Labute approximate surface area is 352 Å². The van der Waals surface area contributed by atoms with E-state index in [1.54, 1.807) is 0 Å². The minimum Gasteiger partial charge on any atom is -0.462 e. The highest BCUT2D eigenvalue weighted by atomic mass is 16.6. The van der Waals surface area contributed by atoms with Gasteiger partial charge in [0.1, 0.15) is 13.2 Å². The lowest BCUT2D eigenvalue weighted by Gasteiger charge is -2.18. The summed E-state index contributed by atoms with van der Waals surface area (Å²) < 4.78 is 16.7. The van der Waals surface area contributed by atoms with Crippen molar-refractivity contribution in [3.05, 3.63) is 48.6 Å². The first-order valence-corrected chi connectivity index (χ1v) is 24.2. The fourth-order valence-electron chi connectivity index (χ4n) is 6.64. The molecule has 0 aliphatic heterocycles. The van der Waals surface area contributed by atoms with Crippen LogP contribution in [0.4, 0.5) is 0 Å². The van der Waals surface area contributed by atoms with Gasteiger partial charge in [-0.3, -0.25) is 14.4 Å². The monoisotopic (exact) mass is 799 g/mol. The molecule has 1 unspecified atom stereocenters. The summed E-state index contributed by atoms with van der Waals surface area (Å²) in [6.45, 7) is 6.52. The summed E-state index contributed by atoms with van der Waals surface area (Å²) in [6.07, 6.45) is 53.7. The molecule has 0 aromatic rings. The second-order valence-electron chi connectivity index (χ2n) is 16.1. The molecule has 0 N–H and O–H groups in total. The molecule has 0 aliphatic rings. The van der Waals surface area contributed by atoms with E-state index in [0.29, 0.717) is 19.3 Å². The zero-order valence-corrected chi connectivity index (χ0v) is 37.6. The van der Waals surface area contributed by atoms with E-state index < -0.39 is 6.10 Å². The number of unbranched alkanes of at least 4 members (excludes halogenated alkanes) is 26. The van der Waals surface area contributed by atoms with Gasteiger partial charge in [-0.05, 0) is 64.2 Å². The standard InChI is InChI=1S/C51H90O6/c1-4-7-10-13-16-19-22-24-25-27-29-32-35-38-41-44-50(53)56-47-48(46-55-49(52)43-40-37-34-31-28-21-18-15-12-9-6-3)57-51(54)45-42-39-36-33-30-26-23-20-17-14-11-8-5-2/h15-16,18-19,21-22,24,28,48H,4-14,17,20,23,25-27,29-47H2,1-3H3/b18-15-,19-16-,24-22-,28-21-. The third kappa shape index (κ3) is 44.3. The highest BCUT2D eigenvalue weighted by molar-refractivity contribution is 5.71. The molecule has 0 fully saturated rings. The number of allylic oxidation sites excluding steroid dienone is 8. The van der Waals surface area contributed by atoms with Gasteiger partial charge in [0.2, 0.25) is 0 Å². The fourth-order valence-corrected chi connectivity index (χ4v) is 6.64. The van der Waals surface area contributed by atoms with Gasteiger partial charge in [-0.2, -0.15) is 0 Å². The molecule has 0 bridgehead atoms. The van der Waals surface area contributed by atoms with Crippen LogP contribution in [-0.4, -0.2) is 37.2 Å². The first kappa shape index (κ1) is 54.4. The lowest BCUT2D eigenvalue weighted by atomic mass is 10.0. The van der Waals surface area contributed by atoms with Crippen molar-refractivity contribution in [3.63, 3.8) is 0 Å². The molecular formula is C51H90O6. The van der Waals surface area contributed by atoms with Gasteiger partial charge in [0.15, 0.2) is 6.10 Å². The maximum Gasteiger partial charge on any atom is 0.306 e. The molecule has 0 saturated carbocycles. The summed E-state index contributed by atoms with van der Waals surface area (Å²) in [6, 6.07) is 0. The Hall–Kier alpha value is -2.63. The van der Waals surface area contributed by atoms with Crippen molar-refractivity contribution >= 4 is 17.9 Å². The normalized spacial score (nSPS) is 12.4. The van der Waals surface area contributed by atoms with Crippen LogP contribution in [-0.2, 0) is 28.6 Å². The molecule has 0 saturated heterocycles. The van der Waals surface area contributed by atoms with Gasteiger partial charge < -0.3 is 14.2 Å². The fraction of sp³-hybridized carbons (Fsp3) is 0.784. The maximum atomic E-state index is 12.7. The SMILES string of the molecule is CCCC/C=C\C=C/CCCCCC(=O)OCC(COC(=O)CCCCCCCC/C=C\C=C/CCCCC)OC(=O)CCCCCCCCCCCCCCC. The largest absolute Gasteiger partial charge is 0.462 e. The molecule has 1 atom stereocenters. The summed E-state index contributed by atoms with van der Waals surface area (Å²) in [5, 5.41) is 0. The molecule has 6 nitrogen and oxygen atoms in total. The van der Waals surface area contributed by atoms with Crippen LogP contribution in [0.3, 0.4) is 0 Å². The number of hydrogen-bond acceptors (Lipinski definition) is 6. The van der Waals surface area contributed by atoms with Gasteiger partial charge in [-0.1, -0.05) is 204 Å². The zero-order chi connectivity index (χ0) is 41.5. The summed E-state index contributed by atoms with van der Waals surface area (Å²) in [7, 11) is 0. The van der Waals surface area contributed by atoms with E-state index in [1.165, 1.54) is 122 Å². The predicted octanol–water partition coefficient (Wildman–Crippen LogP) is 15.5. The average molecular weight is 799 g/mol. The smallest absolute Gasteiger partial charge is 0.306 e. The minimum atomic E-state index is -0.784. The predicted molar refractivity (Wildman–Crippen MR) is 242 cm³/mol. The minimum absolute atomic E-state index is 0.0862. The Morgan fingerprint density at radius 1 is 0.351 bits per heavy atom. The van der Waals surface area contributed by atoms with Crippen molar-refractivity contribution in [2.45, 2.75) is 245 Å². The molecule has 57 heavy (non-hydrogen) atoms. The lowest BCUT2D eigenvalue weighted by Crippen LogP contribution is -2.30. The Morgan fingerprint density at radius 3 is 1.04 bits per heavy atom. The molecular weight excluding hydrogens is 709 g/mol. The molecule has 0 amide bonds. The molecule has 330 valence electrons. The number of hydrogen-bond donors (Lipinski definition) is 0. The molecule has 6 heteroatoms. The van der Waals surface area contributed by atoms with E-state index in [2.05, 4.69) is 69.4 Å². The van der Waals surface area contributed by atoms with Crippen LogP contribution in [0.15, 0.2) is 48.6 Å². The summed E-state index contributed by atoms with van der Waals surface area (Å²) in [5.41, 5.74) is 0. The first-order chi connectivity index (χ1) is 28.0. The number of rotatable bonds is 43. The summed E-state index contributed by atoms with van der Waals surface area (Å²) in [4.78, 5) is 37.8. The van der Waals surface area contributed by atoms with Crippen LogP contribution in [0.5, 0.6) is 0 Å².